The van der Waals surface area contributed by atoms with Crippen molar-refractivity contribution in [2.24, 2.45) is 5.73 Å². The number of nitrogens with two attached hydrogens (primary N) is 1. The van der Waals surface area contributed by atoms with Crippen LogP contribution in [0.1, 0.15) is 21.5 Å². The molecule has 0 saturated carbocycles. The fraction of sp³-hybridized carbons (Fsp3) is 0.111. The lowest BCUT2D eigenvalue weighted by Crippen LogP contribution is -2.20. The standard InChI is InChI=1S/C18H14ClNO4/c1-10-6-13(23-9-16(20)21)8-14-17(10)18(22)15(24-14)7-11-2-4-12(19)5-3-11/h2-8H,9H2,1H3,(H2,20,21)/b15-7-. The number of hydrogen-bond acceptors (Lipinski definition) is 4. The highest BCUT2D eigenvalue weighted by Gasteiger charge is 2.30. The van der Waals surface area contributed by atoms with Gasteiger partial charge in [0.2, 0.25) is 5.78 Å². The molecule has 0 aromatic heterocycles. The Labute approximate surface area is 143 Å². The molecule has 0 unspecified atom stereocenters. The third kappa shape index (κ3) is 3.26. The van der Waals surface area contributed by atoms with E-state index in [1.54, 1.807) is 49.4 Å². The molecule has 0 bridgehead atoms. The molecule has 24 heavy (non-hydrogen) atoms. The topological polar surface area (TPSA) is 78.6 Å². The minimum Gasteiger partial charge on any atom is -0.484 e. The Kier molecular flexibility index (Phi) is 4.27. The second-order valence-corrected chi connectivity index (χ2v) is 5.80. The Balaban J connectivity index is 1.90. The number of carbonyl (C=O) groups is 2. The van der Waals surface area contributed by atoms with E-state index in [1.807, 2.05) is 0 Å². The minimum absolute atomic E-state index is 0.195. The summed E-state index contributed by atoms with van der Waals surface area (Å²) in [6, 6.07) is 10.3. The molecule has 5 nitrogen and oxygen atoms in total. The molecule has 0 radical (unpaired) electrons. The summed E-state index contributed by atoms with van der Waals surface area (Å²) >= 11 is 5.85. The number of fused-ring (bicyclic) bond motifs is 1. The largest absolute Gasteiger partial charge is 0.484 e. The first-order valence-corrected chi connectivity index (χ1v) is 7.57. The molecule has 1 amide bonds. The highest BCUT2D eigenvalue weighted by atomic mass is 35.5. The van der Waals surface area contributed by atoms with E-state index in [0.717, 1.165) is 5.56 Å². The molecule has 0 atom stereocenters. The van der Waals surface area contributed by atoms with Crippen molar-refractivity contribution in [1.29, 1.82) is 0 Å². The Bertz CT molecular complexity index is 856. The number of rotatable bonds is 4. The van der Waals surface area contributed by atoms with Crippen LogP contribution >= 0.6 is 11.6 Å². The van der Waals surface area contributed by atoms with Crippen LogP contribution in [0, 0.1) is 6.92 Å². The van der Waals surface area contributed by atoms with Crippen LogP contribution in [0.15, 0.2) is 42.2 Å². The number of carbonyl (C=O) groups excluding carboxylic acids is 2. The van der Waals surface area contributed by atoms with Crippen molar-refractivity contribution >= 4 is 29.4 Å². The maximum atomic E-state index is 12.5. The predicted octanol–water partition coefficient (Wildman–Crippen LogP) is 3.13. The number of amides is 1. The summed E-state index contributed by atoms with van der Waals surface area (Å²) in [6.07, 6.45) is 1.65. The van der Waals surface area contributed by atoms with E-state index in [2.05, 4.69) is 0 Å². The number of benzene rings is 2. The van der Waals surface area contributed by atoms with Crippen molar-refractivity contribution in [2.45, 2.75) is 6.92 Å². The zero-order valence-corrected chi connectivity index (χ0v) is 13.6. The maximum absolute atomic E-state index is 12.5. The summed E-state index contributed by atoms with van der Waals surface area (Å²) in [4.78, 5) is 23.3. The summed E-state index contributed by atoms with van der Waals surface area (Å²) in [5, 5.41) is 0.617. The van der Waals surface area contributed by atoms with Gasteiger partial charge in [-0.3, -0.25) is 9.59 Å². The normalized spacial score (nSPS) is 14.4. The number of allylic oxidation sites excluding steroid dienone is 1. The SMILES string of the molecule is Cc1cc(OCC(N)=O)cc2c1C(=O)/C(=C/c1ccc(Cl)cc1)O2. The maximum Gasteiger partial charge on any atom is 0.255 e. The van der Waals surface area contributed by atoms with Gasteiger partial charge in [-0.05, 0) is 42.3 Å². The van der Waals surface area contributed by atoms with E-state index in [0.29, 0.717) is 27.6 Å². The Morgan fingerprint density at radius 2 is 2.00 bits per heavy atom. The lowest BCUT2D eigenvalue weighted by atomic mass is 10.0. The predicted molar refractivity (Wildman–Crippen MR) is 90.3 cm³/mol. The number of aryl methyl sites for hydroxylation is 1. The zero-order valence-electron chi connectivity index (χ0n) is 12.8. The summed E-state index contributed by atoms with van der Waals surface area (Å²) in [5.41, 5.74) is 7.06. The molecule has 0 aliphatic carbocycles. The number of ether oxygens (including phenoxy) is 2. The van der Waals surface area contributed by atoms with Gasteiger partial charge in [0.15, 0.2) is 12.4 Å². The van der Waals surface area contributed by atoms with E-state index in [-0.39, 0.29) is 18.1 Å². The molecule has 0 fully saturated rings. The average molecular weight is 344 g/mol. The Morgan fingerprint density at radius 3 is 2.67 bits per heavy atom. The van der Waals surface area contributed by atoms with E-state index < -0.39 is 5.91 Å². The molecular formula is C18H14ClNO4. The summed E-state index contributed by atoms with van der Waals surface area (Å²) < 4.78 is 10.9. The fourth-order valence-electron chi connectivity index (χ4n) is 2.43. The van der Waals surface area contributed by atoms with Crippen molar-refractivity contribution in [2.75, 3.05) is 6.61 Å². The molecule has 122 valence electrons. The first-order chi connectivity index (χ1) is 11.4. The van der Waals surface area contributed by atoms with Gasteiger partial charge in [-0.25, -0.2) is 0 Å². The molecule has 2 aromatic rings. The third-order valence-electron chi connectivity index (χ3n) is 3.49. The molecule has 1 aliphatic heterocycles. The van der Waals surface area contributed by atoms with E-state index in [9.17, 15) is 9.59 Å². The second-order valence-electron chi connectivity index (χ2n) is 5.36. The van der Waals surface area contributed by atoms with Crippen molar-refractivity contribution in [3.8, 4) is 11.5 Å². The van der Waals surface area contributed by atoms with Crippen molar-refractivity contribution in [3.05, 3.63) is 63.9 Å². The van der Waals surface area contributed by atoms with Gasteiger partial charge in [-0.15, -0.1) is 0 Å². The average Bonchev–Trinajstić information content (AvgIpc) is 2.84. The van der Waals surface area contributed by atoms with Gasteiger partial charge in [0, 0.05) is 11.1 Å². The van der Waals surface area contributed by atoms with Gasteiger partial charge in [-0.1, -0.05) is 23.7 Å². The summed E-state index contributed by atoms with van der Waals surface area (Å²) in [5.74, 6) is 0.278. The molecule has 0 spiro atoms. The number of halogens is 1. The highest BCUT2D eigenvalue weighted by Crippen LogP contribution is 2.37. The van der Waals surface area contributed by atoms with Crippen LogP contribution in [0.25, 0.3) is 6.08 Å². The smallest absolute Gasteiger partial charge is 0.255 e. The van der Waals surface area contributed by atoms with Crippen LogP contribution in [0.5, 0.6) is 11.5 Å². The summed E-state index contributed by atoms with van der Waals surface area (Å²) in [7, 11) is 0. The number of Topliss-reactive ketones (excluding diaryl/α,β-unsaturated/α-hetero) is 1. The van der Waals surface area contributed by atoms with Crippen LogP contribution < -0.4 is 15.2 Å². The van der Waals surface area contributed by atoms with Crippen LogP contribution in [-0.4, -0.2) is 18.3 Å². The minimum atomic E-state index is -0.575. The molecule has 2 aromatic carbocycles. The lowest BCUT2D eigenvalue weighted by Gasteiger charge is -2.07. The van der Waals surface area contributed by atoms with Crippen molar-refractivity contribution < 1.29 is 19.1 Å². The lowest BCUT2D eigenvalue weighted by molar-refractivity contribution is -0.119. The molecule has 6 heteroatoms. The van der Waals surface area contributed by atoms with E-state index in [4.69, 9.17) is 26.8 Å². The molecule has 3 rings (SSSR count). The van der Waals surface area contributed by atoms with Crippen LogP contribution in [-0.2, 0) is 4.79 Å². The van der Waals surface area contributed by atoms with Gasteiger partial charge in [0.1, 0.15) is 11.5 Å². The Morgan fingerprint density at radius 1 is 1.29 bits per heavy atom. The zero-order chi connectivity index (χ0) is 17.3. The molecule has 1 heterocycles. The molecule has 1 aliphatic rings. The van der Waals surface area contributed by atoms with Crippen LogP contribution in [0.3, 0.4) is 0 Å². The Hall–Kier alpha value is -2.79. The highest BCUT2D eigenvalue weighted by molar-refractivity contribution is 6.30. The van der Waals surface area contributed by atoms with Gasteiger partial charge >= 0.3 is 0 Å². The quantitative estimate of drug-likeness (QED) is 0.865. The fourth-order valence-corrected chi connectivity index (χ4v) is 2.55. The van der Waals surface area contributed by atoms with Gasteiger partial charge in [0.05, 0.1) is 5.56 Å². The first kappa shape index (κ1) is 16.1. The van der Waals surface area contributed by atoms with Crippen molar-refractivity contribution in [3.63, 3.8) is 0 Å². The van der Waals surface area contributed by atoms with Crippen LogP contribution in [0.4, 0.5) is 0 Å². The van der Waals surface area contributed by atoms with Gasteiger partial charge in [-0.2, -0.15) is 0 Å². The number of ketones is 1. The molecule has 2 N–H and O–H groups in total. The number of primary amides is 1. The van der Waals surface area contributed by atoms with Crippen molar-refractivity contribution in [1.82, 2.24) is 0 Å². The third-order valence-corrected chi connectivity index (χ3v) is 3.74. The van der Waals surface area contributed by atoms with E-state index >= 15 is 0 Å². The first-order valence-electron chi connectivity index (χ1n) is 7.19. The van der Waals surface area contributed by atoms with Gasteiger partial charge in [0.25, 0.3) is 5.91 Å². The monoisotopic (exact) mass is 343 g/mol. The second kappa shape index (κ2) is 6.37. The van der Waals surface area contributed by atoms with Gasteiger partial charge < -0.3 is 15.2 Å². The number of hydrogen-bond donors (Lipinski definition) is 1. The summed E-state index contributed by atoms with van der Waals surface area (Å²) in [6.45, 7) is 1.54. The molecular weight excluding hydrogens is 330 g/mol. The van der Waals surface area contributed by atoms with E-state index in [1.165, 1.54) is 0 Å². The molecule has 0 saturated heterocycles. The van der Waals surface area contributed by atoms with Crippen LogP contribution in [0.2, 0.25) is 5.02 Å².